The Morgan fingerprint density at radius 1 is 1.16 bits per heavy atom. The molecule has 2 aromatic heterocycles. The Balaban J connectivity index is 1.65. The first-order valence-corrected chi connectivity index (χ1v) is 11.0. The molecule has 0 atom stereocenters. The van der Waals surface area contributed by atoms with Crippen molar-refractivity contribution in [2.45, 2.75) is 47.3 Å². The van der Waals surface area contributed by atoms with Crippen LogP contribution in [-0.2, 0) is 11.5 Å². The molecule has 3 aromatic rings. The minimum Gasteiger partial charge on any atom is -0.471 e. The number of ether oxygens (including phenoxy) is 2. The van der Waals surface area contributed by atoms with Crippen molar-refractivity contribution in [1.29, 1.82) is 0 Å². The molecule has 31 heavy (non-hydrogen) atoms. The summed E-state index contributed by atoms with van der Waals surface area (Å²) in [6.45, 7) is 10.2. The molecule has 1 N–H and O–H groups in total. The number of nitrogens with one attached hydrogen (secondary N) is 1. The van der Waals surface area contributed by atoms with E-state index in [0.29, 0.717) is 16.5 Å². The van der Waals surface area contributed by atoms with E-state index in [1.807, 2.05) is 38.1 Å². The number of carbonyl (C=O) groups excluding carboxylic acids is 2. The van der Waals surface area contributed by atoms with Crippen LogP contribution in [0.5, 0.6) is 5.75 Å². The quantitative estimate of drug-likeness (QED) is 0.489. The smallest absolute Gasteiger partial charge is 0.341 e. The van der Waals surface area contributed by atoms with Gasteiger partial charge in [-0.25, -0.2) is 9.48 Å². The molecule has 0 unspecified atom stereocenters. The maximum absolute atomic E-state index is 12.7. The Hall–Kier alpha value is -3.13. The van der Waals surface area contributed by atoms with Crippen molar-refractivity contribution < 1.29 is 19.1 Å². The van der Waals surface area contributed by atoms with E-state index in [2.05, 4.69) is 24.3 Å². The van der Waals surface area contributed by atoms with Crippen LogP contribution in [-0.4, -0.2) is 28.3 Å². The fourth-order valence-corrected chi connectivity index (χ4v) is 4.02. The van der Waals surface area contributed by atoms with Crippen LogP contribution in [0.1, 0.15) is 63.5 Å². The molecule has 7 nitrogen and oxygen atoms in total. The van der Waals surface area contributed by atoms with Crippen LogP contribution in [0.25, 0.3) is 0 Å². The Kier molecular flexibility index (Phi) is 7.12. The van der Waals surface area contributed by atoms with E-state index >= 15 is 0 Å². The first-order valence-electron chi connectivity index (χ1n) is 10.1. The zero-order chi connectivity index (χ0) is 22.5. The van der Waals surface area contributed by atoms with Gasteiger partial charge in [-0.3, -0.25) is 4.79 Å². The van der Waals surface area contributed by atoms with Crippen LogP contribution >= 0.6 is 11.3 Å². The van der Waals surface area contributed by atoms with Crippen LogP contribution in [0, 0.1) is 13.8 Å². The highest BCUT2D eigenvalue weighted by molar-refractivity contribution is 7.16. The SMILES string of the molecule is CCOC(=O)c1c(NC(=O)c2ccn(COc3ccc(C(C)C)cc3)n2)sc(C)c1C. The van der Waals surface area contributed by atoms with Crippen molar-refractivity contribution in [2.24, 2.45) is 0 Å². The number of aromatic nitrogens is 2. The fraction of sp³-hybridized carbons (Fsp3) is 0.348. The van der Waals surface area contributed by atoms with Gasteiger partial charge in [0.05, 0.1) is 12.2 Å². The van der Waals surface area contributed by atoms with Gasteiger partial charge in [0.2, 0.25) is 0 Å². The number of rotatable bonds is 8. The monoisotopic (exact) mass is 441 g/mol. The Morgan fingerprint density at radius 2 is 1.87 bits per heavy atom. The van der Waals surface area contributed by atoms with Crippen molar-refractivity contribution in [3.63, 3.8) is 0 Å². The summed E-state index contributed by atoms with van der Waals surface area (Å²) in [6.07, 6.45) is 1.68. The third-order valence-electron chi connectivity index (χ3n) is 4.88. The van der Waals surface area contributed by atoms with Gasteiger partial charge >= 0.3 is 5.97 Å². The highest BCUT2D eigenvalue weighted by Crippen LogP contribution is 2.33. The van der Waals surface area contributed by atoms with Gasteiger partial charge in [-0.05, 0) is 56.0 Å². The number of esters is 1. The second-order valence-corrected chi connectivity index (χ2v) is 8.62. The number of carbonyl (C=O) groups is 2. The van der Waals surface area contributed by atoms with E-state index in [1.165, 1.54) is 16.9 Å². The van der Waals surface area contributed by atoms with Crippen LogP contribution in [0.2, 0.25) is 0 Å². The summed E-state index contributed by atoms with van der Waals surface area (Å²) in [5.41, 5.74) is 2.68. The maximum atomic E-state index is 12.7. The normalized spacial score (nSPS) is 10.9. The topological polar surface area (TPSA) is 82.5 Å². The zero-order valence-corrected chi connectivity index (χ0v) is 19.2. The van der Waals surface area contributed by atoms with E-state index in [0.717, 1.165) is 16.2 Å². The third kappa shape index (κ3) is 5.32. The fourth-order valence-electron chi connectivity index (χ4n) is 2.98. The van der Waals surface area contributed by atoms with Gasteiger partial charge < -0.3 is 14.8 Å². The lowest BCUT2D eigenvalue weighted by Gasteiger charge is -2.09. The first kappa shape index (κ1) is 22.6. The second-order valence-electron chi connectivity index (χ2n) is 7.40. The van der Waals surface area contributed by atoms with Gasteiger partial charge in [0.25, 0.3) is 5.91 Å². The summed E-state index contributed by atoms with van der Waals surface area (Å²) >= 11 is 1.34. The maximum Gasteiger partial charge on any atom is 0.341 e. The Labute approximate surface area is 186 Å². The number of thiophene rings is 1. The molecule has 8 heteroatoms. The van der Waals surface area contributed by atoms with E-state index in [4.69, 9.17) is 9.47 Å². The average Bonchev–Trinajstić information content (AvgIpc) is 3.32. The predicted octanol–water partition coefficient (Wildman–Crippen LogP) is 5.15. The summed E-state index contributed by atoms with van der Waals surface area (Å²) < 4.78 is 12.4. The van der Waals surface area contributed by atoms with Crippen molar-refractivity contribution in [1.82, 2.24) is 9.78 Å². The van der Waals surface area contributed by atoms with Gasteiger partial charge in [0, 0.05) is 11.1 Å². The number of aryl methyl sites for hydroxylation is 1. The molecule has 164 valence electrons. The van der Waals surface area contributed by atoms with E-state index in [9.17, 15) is 9.59 Å². The predicted molar refractivity (Wildman–Crippen MR) is 121 cm³/mol. The van der Waals surface area contributed by atoms with Gasteiger partial charge in [0.15, 0.2) is 12.4 Å². The van der Waals surface area contributed by atoms with Gasteiger partial charge in [-0.15, -0.1) is 11.3 Å². The molecular formula is C23H27N3O4S. The number of hydrogen-bond acceptors (Lipinski definition) is 6. The number of benzene rings is 1. The number of anilines is 1. The molecule has 0 aliphatic rings. The van der Waals surface area contributed by atoms with Gasteiger partial charge in [0.1, 0.15) is 10.8 Å². The summed E-state index contributed by atoms with van der Waals surface area (Å²) in [5.74, 6) is 0.352. The van der Waals surface area contributed by atoms with Crippen molar-refractivity contribution >= 4 is 28.2 Å². The molecule has 0 radical (unpaired) electrons. The molecule has 0 aliphatic heterocycles. The van der Waals surface area contributed by atoms with Gasteiger partial charge in [-0.2, -0.15) is 5.10 Å². The molecule has 0 saturated carbocycles. The molecule has 0 bridgehead atoms. The van der Waals surface area contributed by atoms with Crippen LogP contribution < -0.4 is 10.1 Å². The molecule has 0 aliphatic carbocycles. The van der Waals surface area contributed by atoms with Gasteiger partial charge in [-0.1, -0.05) is 26.0 Å². The highest BCUT2D eigenvalue weighted by Gasteiger charge is 2.23. The standard InChI is InChI=1S/C23H27N3O4S/c1-6-29-23(28)20-15(4)16(5)31-22(20)24-21(27)19-11-12-26(25-19)13-30-18-9-7-17(8-10-18)14(2)3/h7-12,14H,6,13H2,1-5H3,(H,24,27). The van der Waals surface area contributed by atoms with Crippen molar-refractivity contribution in [3.05, 3.63) is 63.8 Å². The summed E-state index contributed by atoms with van der Waals surface area (Å²) in [6, 6.07) is 9.52. The molecule has 0 fully saturated rings. The van der Waals surface area contributed by atoms with Crippen LogP contribution in [0.15, 0.2) is 36.5 Å². The number of amides is 1. The lowest BCUT2D eigenvalue weighted by atomic mass is 10.0. The molecule has 3 rings (SSSR count). The average molecular weight is 442 g/mol. The molecule has 1 aromatic carbocycles. The minimum atomic E-state index is -0.443. The highest BCUT2D eigenvalue weighted by atomic mass is 32.1. The minimum absolute atomic E-state index is 0.180. The first-order chi connectivity index (χ1) is 14.8. The molecule has 0 saturated heterocycles. The molecule has 2 heterocycles. The molecule has 1 amide bonds. The van der Waals surface area contributed by atoms with E-state index in [1.54, 1.807) is 23.9 Å². The Morgan fingerprint density at radius 3 is 2.52 bits per heavy atom. The van der Waals surface area contributed by atoms with Crippen molar-refractivity contribution in [2.75, 3.05) is 11.9 Å². The number of hydrogen-bond donors (Lipinski definition) is 1. The zero-order valence-electron chi connectivity index (χ0n) is 18.4. The van der Waals surface area contributed by atoms with Crippen molar-refractivity contribution in [3.8, 4) is 5.75 Å². The molecule has 0 spiro atoms. The van der Waals surface area contributed by atoms with Crippen LogP contribution in [0.4, 0.5) is 5.00 Å². The summed E-state index contributed by atoms with van der Waals surface area (Å²) in [4.78, 5) is 25.9. The number of nitrogens with zero attached hydrogens (tertiary/aromatic N) is 2. The van der Waals surface area contributed by atoms with E-state index in [-0.39, 0.29) is 19.0 Å². The third-order valence-corrected chi connectivity index (χ3v) is 6.00. The summed E-state index contributed by atoms with van der Waals surface area (Å²) in [5, 5.41) is 7.54. The largest absolute Gasteiger partial charge is 0.471 e. The lowest BCUT2D eigenvalue weighted by Crippen LogP contribution is -2.16. The molecular weight excluding hydrogens is 414 g/mol. The lowest BCUT2D eigenvalue weighted by molar-refractivity contribution is 0.0527. The second kappa shape index (κ2) is 9.78. The Bertz CT molecular complexity index is 1070. The van der Waals surface area contributed by atoms with Crippen LogP contribution in [0.3, 0.4) is 0 Å². The summed E-state index contributed by atoms with van der Waals surface area (Å²) in [7, 11) is 0. The van der Waals surface area contributed by atoms with E-state index < -0.39 is 11.9 Å².